The average Bonchev–Trinajstić information content (AvgIpc) is 3.65. The van der Waals surface area contributed by atoms with E-state index >= 15 is 0 Å². The minimum atomic E-state index is -0.00254. The van der Waals surface area contributed by atoms with Gasteiger partial charge in [-0.3, -0.25) is 10.3 Å². The van der Waals surface area contributed by atoms with Gasteiger partial charge >= 0.3 is 0 Å². The molecule has 0 radical (unpaired) electrons. The molecule has 0 spiro atoms. The Labute approximate surface area is 176 Å². The van der Waals surface area contributed by atoms with Crippen LogP contribution in [-0.4, -0.2) is 23.8 Å². The van der Waals surface area contributed by atoms with Gasteiger partial charge in [-0.1, -0.05) is 30.3 Å². The first kappa shape index (κ1) is 18.7. The number of allylic oxidation sites excluding steroid dienone is 2. The molecule has 0 saturated heterocycles. The molecule has 152 valence electrons. The van der Waals surface area contributed by atoms with E-state index in [0.29, 0.717) is 11.9 Å². The molecule has 2 aromatic rings. The van der Waals surface area contributed by atoms with Crippen LogP contribution in [0.15, 0.2) is 52.8 Å². The van der Waals surface area contributed by atoms with Crippen molar-refractivity contribution in [3.63, 3.8) is 0 Å². The molecule has 2 saturated carbocycles. The lowest BCUT2D eigenvalue weighted by atomic mass is 9.99. The van der Waals surface area contributed by atoms with Crippen molar-refractivity contribution in [1.29, 1.82) is 0 Å². The third-order valence-electron chi connectivity index (χ3n) is 5.80. The number of nitrogens with zero attached hydrogens (tertiary/aromatic N) is 2. The van der Waals surface area contributed by atoms with Gasteiger partial charge < -0.3 is 10.5 Å². The maximum Gasteiger partial charge on any atom is 0.220 e. The molecule has 5 nitrogen and oxygen atoms in total. The molecule has 2 aliphatic carbocycles. The highest BCUT2D eigenvalue weighted by atomic mass is 32.2. The van der Waals surface area contributed by atoms with E-state index in [4.69, 9.17) is 10.5 Å². The predicted molar refractivity (Wildman–Crippen MR) is 122 cm³/mol. The lowest BCUT2D eigenvalue weighted by Gasteiger charge is -2.27. The molecule has 1 atom stereocenters. The number of rotatable bonds is 8. The van der Waals surface area contributed by atoms with Crippen molar-refractivity contribution in [2.75, 3.05) is 17.3 Å². The van der Waals surface area contributed by atoms with Gasteiger partial charge in [-0.2, -0.15) is 0 Å². The number of thioether (sulfide) groups is 1. The minimum Gasteiger partial charge on any atom is -0.498 e. The van der Waals surface area contributed by atoms with Gasteiger partial charge in [0.2, 0.25) is 5.96 Å². The molecule has 0 bridgehead atoms. The lowest BCUT2D eigenvalue weighted by Crippen LogP contribution is -2.41. The van der Waals surface area contributed by atoms with Crippen molar-refractivity contribution in [3.05, 3.63) is 53.3 Å². The first-order chi connectivity index (χ1) is 14.3. The van der Waals surface area contributed by atoms with Gasteiger partial charge in [-0.05, 0) is 61.1 Å². The van der Waals surface area contributed by atoms with Crippen LogP contribution in [0.4, 0.5) is 5.69 Å². The Hall–Kier alpha value is -2.34. The maximum absolute atomic E-state index is 6.31. The van der Waals surface area contributed by atoms with Crippen molar-refractivity contribution in [2.24, 2.45) is 10.8 Å². The van der Waals surface area contributed by atoms with Gasteiger partial charge in [-0.25, -0.2) is 0 Å². The van der Waals surface area contributed by atoms with E-state index in [1.54, 1.807) is 0 Å². The Balaban J connectivity index is 1.37. The molecule has 6 heteroatoms. The van der Waals surface area contributed by atoms with E-state index < -0.39 is 0 Å². The van der Waals surface area contributed by atoms with Gasteiger partial charge in [0.15, 0.2) is 5.50 Å². The number of benzene rings is 2. The summed E-state index contributed by atoms with van der Waals surface area (Å²) < 4.78 is 5.84. The molecule has 0 aromatic heterocycles. The fourth-order valence-electron chi connectivity index (χ4n) is 4.11. The first-order valence-electron chi connectivity index (χ1n) is 10.6. The second kappa shape index (κ2) is 7.82. The Bertz CT molecular complexity index is 976. The summed E-state index contributed by atoms with van der Waals surface area (Å²) in [5.74, 6) is 3.40. The molecule has 0 amide bonds. The number of ether oxygens (including phenoxy) is 1. The Morgan fingerprint density at radius 2 is 2.00 bits per heavy atom. The highest BCUT2D eigenvalue weighted by Gasteiger charge is 2.31. The highest BCUT2D eigenvalue weighted by molar-refractivity contribution is 8.00. The normalized spacial score (nSPS) is 20.6. The summed E-state index contributed by atoms with van der Waals surface area (Å²) in [4.78, 5) is 2.13. The molecule has 1 unspecified atom stereocenters. The zero-order valence-electron chi connectivity index (χ0n) is 16.9. The van der Waals surface area contributed by atoms with E-state index in [1.165, 1.54) is 53.4 Å². The van der Waals surface area contributed by atoms with E-state index in [2.05, 4.69) is 58.7 Å². The van der Waals surface area contributed by atoms with Crippen molar-refractivity contribution in [3.8, 4) is 0 Å². The fraction of sp³-hybridized carbons (Fsp3) is 0.435. The fourth-order valence-corrected chi connectivity index (χ4v) is 5.14. The maximum atomic E-state index is 6.31. The predicted octanol–water partition coefficient (Wildman–Crippen LogP) is 4.85. The smallest absolute Gasteiger partial charge is 0.220 e. The Morgan fingerprint density at radius 1 is 1.21 bits per heavy atom. The van der Waals surface area contributed by atoms with E-state index in [1.807, 2.05) is 11.8 Å². The Morgan fingerprint density at radius 3 is 2.72 bits per heavy atom. The highest BCUT2D eigenvalue weighted by Crippen LogP contribution is 2.45. The summed E-state index contributed by atoms with van der Waals surface area (Å²) in [6.07, 6.45) is 5.95. The topological polar surface area (TPSA) is 62.9 Å². The number of fused-ring (bicyclic) bond motifs is 1. The molecule has 3 aliphatic rings. The minimum absolute atomic E-state index is 0.00254. The number of nitrogens with one attached hydrogen (secondary N) is 1. The molecule has 5 rings (SSSR count). The average molecular weight is 409 g/mol. The number of guanidine groups is 1. The summed E-state index contributed by atoms with van der Waals surface area (Å²) in [7, 11) is 0. The van der Waals surface area contributed by atoms with Crippen LogP contribution in [0.3, 0.4) is 0 Å². The van der Waals surface area contributed by atoms with Gasteiger partial charge in [-0.15, -0.1) is 16.9 Å². The molecule has 29 heavy (non-hydrogen) atoms. The van der Waals surface area contributed by atoms with Gasteiger partial charge in [0, 0.05) is 17.6 Å². The molecule has 2 fully saturated rings. The van der Waals surface area contributed by atoms with Crippen LogP contribution in [0, 0.1) is 0 Å². The Kier molecular flexibility index (Phi) is 5.04. The van der Waals surface area contributed by atoms with Crippen LogP contribution in [-0.2, 0) is 4.74 Å². The third kappa shape index (κ3) is 3.78. The number of hydrogen-bond acceptors (Lipinski definition) is 6. The summed E-state index contributed by atoms with van der Waals surface area (Å²) in [6, 6.07) is 13.2. The molecule has 1 aliphatic heterocycles. The first-order valence-corrected chi connectivity index (χ1v) is 11.7. The standard InChI is InChI=1S/C23H28N4OS/c1-2-28-21(16-9-10-16)13-14-29-23-26-25-22(24)27(23)20-12-11-17(15-7-8-15)18-5-3-4-6-19(18)20/h3-6,11-12,15,23,26H,2,7-10,13-14H2,1H3,(H2,24,25). The van der Waals surface area contributed by atoms with Gasteiger partial charge in [0.25, 0.3) is 0 Å². The second-order valence-electron chi connectivity index (χ2n) is 7.90. The number of anilines is 1. The molecular weight excluding hydrogens is 380 g/mol. The van der Waals surface area contributed by atoms with Gasteiger partial charge in [0.1, 0.15) is 0 Å². The summed E-state index contributed by atoms with van der Waals surface area (Å²) >= 11 is 1.83. The van der Waals surface area contributed by atoms with Crippen molar-refractivity contribution >= 4 is 34.2 Å². The monoisotopic (exact) mass is 408 g/mol. The van der Waals surface area contributed by atoms with Crippen molar-refractivity contribution < 1.29 is 4.74 Å². The van der Waals surface area contributed by atoms with Crippen molar-refractivity contribution in [2.45, 2.75) is 50.4 Å². The third-order valence-corrected chi connectivity index (χ3v) is 6.87. The lowest BCUT2D eigenvalue weighted by molar-refractivity contribution is 0.220. The summed E-state index contributed by atoms with van der Waals surface area (Å²) in [5, 5.41) is 6.93. The zero-order chi connectivity index (χ0) is 19.8. The van der Waals surface area contributed by atoms with Crippen LogP contribution in [0.25, 0.3) is 10.8 Å². The summed E-state index contributed by atoms with van der Waals surface area (Å²) in [6.45, 7) is 2.80. The number of nitrogens with two attached hydrogens (primary N) is 1. The second-order valence-corrected chi connectivity index (χ2v) is 9.08. The van der Waals surface area contributed by atoms with Gasteiger partial charge in [0.05, 0.1) is 18.1 Å². The zero-order valence-corrected chi connectivity index (χ0v) is 17.7. The van der Waals surface area contributed by atoms with Crippen molar-refractivity contribution in [1.82, 2.24) is 5.43 Å². The number of hydrazone groups is 1. The van der Waals surface area contributed by atoms with E-state index in [9.17, 15) is 0 Å². The molecule has 1 heterocycles. The van der Waals surface area contributed by atoms with Crippen LogP contribution < -0.4 is 16.1 Å². The van der Waals surface area contributed by atoms with Crippen LogP contribution in [0.2, 0.25) is 0 Å². The van der Waals surface area contributed by atoms with Crippen LogP contribution in [0.5, 0.6) is 0 Å². The largest absolute Gasteiger partial charge is 0.498 e. The molecule has 3 N–H and O–H groups in total. The van der Waals surface area contributed by atoms with E-state index in [-0.39, 0.29) is 5.50 Å². The quantitative estimate of drug-likeness (QED) is 0.612. The number of hydrogen-bond donors (Lipinski definition) is 2. The molecule has 2 aromatic carbocycles. The van der Waals surface area contributed by atoms with Crippen LogP contribution >= 0.6 is 11.8 Å². The SMILES string of the molecule is CCOC(CCSC1NN=C(N)N1c1ccc(C2CC2)c2ccccc12)=C1CC1. The van der Waals surface area contributed by atoms with Crippen LogP contribution in [0.1, 0.15) is 50.5 Å². The van der Waals surface area contributed by atoms with E-state index in [0.717, 1.165) is 24.5 Å². The molecular formula is C23H28N4OS. The summed E-state index contributed by atoms with van der Waals surface area (Å²) in [5.41, 5.74) is 13.6.